The van der Waals surface area contributed by atoms with Gasteiger partial charge in [-0.1, -0.05) is 6.92 Å². The maximum atomic E-state index is 12.6. The predicted octanol–water partition coefficient (Wildman–Crippen LogP) is 2.08. The van der Waals surface area contributed by atoms with Crippen molar-refractivity contribution >= 4 is 5.91 Å². The van der Waals surface area contributed by atoms with Crippen LogP contribution in [0.5, 0.6) is 5.75 Å². The molecule has 1 fully saturated rings. The fourth-order valence-corrected chi connectivity index (χ4v) is 2.45. The molecule has 1 saturated heterocycles. The van der Waals surface area contributed by atoms with E-state index < -0.39 is 0 Å². The van der Waals surface area contributed by atoms with Crippen molar-refractivity contribution < 1.29 is 9.53 Å². The molecule has 4 heteroatoms. The number of carbonyl (C=O) groups excluding carboxylic acids is 1. The summed E-state index contributed by atoms with van der Waals surface area (Å²) in [5, 5.41) is 3.27. The SMILES string of the molecule is CCc1cc(OC(C)C)ccc1C(=O)N1CCNCC1. The number of amides is 1. The third-order valence-electron chi connectivity index (χ3n) is 3.46. The smallest absolute Gasteiger partial charge is 0.254 e. The van der Waals surface area contributed by atoms with Crippen molar-refractivity contribution in [1.82, 2.24) is 10.2 Å². The third-order valence-corrected chi connectivity index (χ3v) is 3.46. The first-order valence-electron chi connectivity index (χ1n) is 7.41. The Morgan fingerprint density at radius 2 is 2.05 bits per heavy atom. The van der Waals surface area contributed by atoms with Crippen molar-refractivity contribution in [3.05, 3.63) is 29.3 Å². The molecule has 1 aliphatic rings. The second-order valence-electron chi connectivity index (χ2n) is 5.38. The highest BCUT2D eigenvalue weighted by atomic mass is 16.5. The van der Waals surface area contributed by atoms with Gasteiger partial charge in [0.15, 0.2) is 0 Å². The van der Waals surface area contributed by atoms with E-state index in [1.807, 2.05) is 36.9 Å². The minimum atomic E-state index is 0.138. The van der Waals surface area contributed by atoms with Crippen molar-refractivity contribution in [2.24, 2.45) is 0 Å². The first-order valence-corrected chi connectivity index (χ1v) is 7.41. The molecule has 110 valence electrons. The molecular formula is C16H24N2O2. The summed E-state index contributed by atoms with van der Waals surface area (Å²) in [4.78, 5) is 14.5. The number of hydrogen-bond acceptors (Lipinski definition) is 3. The molecule has 0 spiro atoms. The van der Waals surface area contributed by atoms with Crippen LogP contribution in [0.2, 0.25) is 0 Å². The fourth-order valence-electron chi connectivity index (χ4n) is 2.45. The summed E-state index contributed by atoms with van der Waals surface area (Å²) >= 11 is 0. The van der Waals surface area contributed by atoms with Crippen molar-refractivity contribution in [2.75, 3.05) is 26.2 Å². The Hall–Kier alpha value is -1.55. The molecule has 1 heterocycles. The minimum absolute atomic E-state index is 0.138. The molecule has 1 aliphatic heterocycles. The first kappa shape index (κ1) is 14.9. The Balaban J connectivity index is 2.19. The standard InChI is InChI=1S/C16H24N2O2/c1-4-13-11-14(20-12(2)3)5-6-15(13)16(19)18-9-7-17-8-10-18/h5-6,11-12,17H,4,7-10H2,1-3H3. The summed E-state index contributed by atoms with van der Waals surface area (Å²) in [5.41, 5.74) is 1.87. The van der Waals surface area contributed by atoms with Crippen LogP contribution in [0, 0.1) is 0 Å². The highest BCUT2D eigenvalue weighted by Crippen LogP contribution is 2.21. The molecule has 0 unspecified atom stereocenters. The Morgan fingerprint density at radius 3 is 2.65 bits per heavy atom. The second-order valence-corrected chi connectivity index (χ2v) is 5.38. The summed E-state index contributed by atoms with van der Waals surface area (Å²) in [6, 6.07) is 5.80. The second kappa shape index (κ2) is 6.75. The maximum Gasteiger partial charge on any atom is 0.254 e. The van der Waals surface area contributed by atoms with Crippen LogP contribution in [-0.2, 0) is 6.42 Å². The lowest BCUT2D eigenvalue weighted by Gasteiger charge is -2.28. The van der Waals surface area contributed by atoms with Crippen molar-refractivity contribution in [3.63, 3.8) is 0 Å². The summed E-state index contributed by atoms with van der Waals surface area (Å²) in [6.07, 6.45) is 0.983. The summed E-state index contributed by atoms with van der Waals surface area (Å²) < 4.78 is 5.70. The van der Waals surface area contributed by atoms with E-state index in [0.29, 0.717) is 0 Å². The molecule has 20 heavy (non-hydrogen) atoms. The monoisotopic (exact) mass is 276 g/mol. The van der Waals surface area contributed by atoms with Gasteiger partial charge in [0, 0.05) is 31.7 Å². The first-order chi connectivity index (χ1) is 9.61. The zero-order chi connectivity index (χ0) is 14.5. The Kier molecular flexibility index (Phi) is 5.01. The molecule has 1 amide bonds. The number of rotatable bonds is 4. The highest BCUT2D eigenvalue weighted by molar-refractivity contribution is 5.96. The van der Waals surface area contributed by atoms with Crippen LogP contribution in [0.15, 0.2) is 18.2 Å². The van der Waals surface area contributed by atoms with E-state index in [2.05, 4.69) is 12.2 Å². The van der Waals surface area contributed by atoms with Gasteiger partial charge in [-0.3, -0.25) is 4.79 Å². The number of carbonyl (C=O) groups is 1. The molecule has 0 radical (unpaired) electrons. The number of nitrogens with one attached hydrogen (secondary N) is 1. The van der Waals surface area contributed by atoms with Gasteiger partial charge in [-0.15, -0.1) is 0 Å². The quantitative estimate of drug-likeness (QED) is 0.915. The Labute approximate surface area is 121 Å². The summed E-state index contributed by atoms with van der Waals surface area (Å²) in [7, 11) is 0. The summed E-state index contributed by atoms with van der Waals surface area (Å²) in [5.74, 6) is 0.980. The molecule has 0 aromatic heterocycles. The van der Waals surface area contributed by atoms with Gasteiger partial charge >= 0.3 is 0 Å². The molecular weight excluding hydrogens is 252 g/mol. The van der Waals surface area contributed by atoms with Gasteiger partial charge in [0.25, 0.3) is 5.91 Å². The largest absolute Gasteiger partial charge is 0.491 e. The lowest BCUT2D eigenvalue weighted by atomic mass is 10.0. The Morgan fingerprint density at radius 1 is 1.35 bits per heavy atom. The van der Waals surface area contributed by atoms with Crippen LogP contribution >= 0.6 is 0 Å². The van der Waals surface area contributed by atoms with Gasteiger partial charge in [0.05, 0.1) is 6.10 Å². The van der Waals surface area contributed by atoms with E-state index in [4.69, 9.17) is 4.74 Å². The van der Waals surface area contributed by atoms with E-state index in [0.717, 1.165) is 49.5 Å². The molecule has 1 N–H and O–H groups in total. The van der Waals surface area contributed by atoms with E-state index in [1.54, 1.807) is 0 Å². The van der Waals surface area contributed by atoms with Crippen LogP contribution < -0.4 is 10.1 Å². The fraction of sp³-hybridized carbons (Fsp3) is 0.562. The van der Waals surface area contributed by atoms with Crippen molar-refractivity contribution in [1.29, 1.82) is 0 Å². The van der Waals surface area contributed by atoms with Crippen LogP contribution in [0.4, 0.5) is 0 Å². The van der Waals surface area contributed by atoms with Crippen LogP contribution in [-0.4, -0.2) is 43.1 Å². The molecule has 0 aliphatic carbocycles. The minimum Gasteiger partial charge on any atom is -0.491 e. The Bertz CT molecular complexity index is 466. The number of aryl methyl sites for hydroxylation is 1. The number of ether oxygens (including phenoxy) is 1. The molecule has 2 rings (SSSR count). The van der Waals surface area contributed by atoms with Gasteiger partial charge in [-0.05, 0) is 44.0 Å². The zero-order valence-electron chi connectivity index (χ0n) is 12.6. The normalized spacial score (nSPS) is 15.5. The van der Waals surface area contributed by atoms with Crippen LogP contribution in [0.25, 0.3) is 0 Å². The van der Waals surface area contributed by atoms with E-state index >= 15 is 0 Å². The predicted molar refractivity (Wildman–Crippen MR) is 80.4 cm³/mol. The van der Waals surface area contributed by atoms with Gasteiger partial charge < -0.3 is 15.0 Å². The molecule has 0 saturated carbocycles. The molecule has 0 bridgehead atoms. The van der Waals surface area contributed by atoms with Crippen molar-refractivity contribution in [2.45, 2.75) is 33.3 Å². The highest BCUT2D eigenvalue weighted by Gasteiger charge is 2.20. The van der Waals surface area contributed by atoms with Gasteiger partial charge in [-0.25, -0.2) is 0 Å². The summed E-state index contributed by atoms with van der Waals surface area (Å²) in [6.45, 7) is 9.40. The number of nitrogens with zero attached hydrogens (tertiary/aromatic N) is 1. The van der Waals surface area contributed by atoms with E-state index in [9.17, 15) is 4.79 Å². The number of hydrogen-bond donors (Lipinski definition) is 1. The molecule has 0 atom stereocenters. The van der Waals surface area contributed by atoms with E-state index in [-0.39, 0.29) is 12.0 Å². The third kappa shape index (κ3) is 3.51. The maximum absolute atomic E-state index is 12.6. The van der Waals surface area contributed by atoms with E-state index in [1.165, 1.54) is 0 Å². The molecule has 4 nitrogen and oxygen atoms in total. The zero-order valence-corrected chi connectivity index (χ0v) is 12.6. The lowest BCUT2D eigenvalue weighted by Crippen LogP contribution is -2.46. The van der Waals surface area contributed by atoms with Crippen LogP contribution in [0.1, 0.15) is 36.7 Å². The topological polar surface area (TPSA) is 41.6 Å². The average Bonchev–Trinajstić information content (AvgIpc) is 2.46. The number of piperazine rings is 1. The van der Waals surface area contributed by atoms with Gasteiger partial charge in [-0.2, -0.15) is 0 Å². The molecule has 1 aromatic rings. The van der Waals surface area contributed by atoms with Crippen molar-refractivity contribution in [3.8, 4) is 5.75 Å². The lowest BCUT2D eigenvalue weighted by molar-refractivity contribution is 0.0734. The van der Waals surface area contributed by atoms with Crippen LogP contribution in [0.3, 0.4) is 0 Å². The van der Waals surface area contributed by atoms with Gasteiger partial charge in [0.2, 0.25) is 0 Å². The van der Waals surface area contributed by atoms with Gasteiger partial charge in [0.1, 0.15) is 5.75 Å². The average molecular weight is 276 g/mol. The molecule has 1 aromatic carbocycles. The number of benzene rings is 1.